The molecule has 98 valence electrons. The SMILES string of the molecule is Cc1nc(Cl)c(N(CC(N)=O)CC(N)=O)nc1C. The van der Waals surface area contributed by atoms with Crippen LogP contribution in [0.5, 0.6) is 0 Å². The van der Waals surface area contributed by atoms with Crippen molar-refractivity contribution in [1.82, 2.24) is 9.97 Å². The molecule has 1 aromatic rings. The number of amides is 2. The molecule has 0 atom stereocenters. The van der Waals surface area contributed by atoms with Crippen LogP contribution in [0, 0.1) is 13.8 Å². The zero-order valence-corrected chi connectivity index (χ0v) is 10.9. The number of carbonyl (C=O) groups excluding carboxylic acids is 2. The van der Waals surface area contributed by atoms with Crippen LogP contribution in [0.4, 0.5) is 5.82 Å². The monoisotopic (exact) mass is 271 g/mol. The van der Waals surface area contributed by atoms with Crippen LogP contribution < -0.4 is 16.4 Å². The van der Waals surface area contributed by atoms with Crippen LogP contribution in [0.1, 0.15) is 11.4 Å². The molecule has 0 spiro atoms. The van der Waals surface area contributed by atoms with Gasteiger partial charge in [0.05, 0.1) is 24.5 Å². The van der Waals surface area contributed by atoms with Crippen LogP contribution in [0.2, 0.25) is 5.15 Å². The Kier molecular flexibility index (Phi) is 4.43. The summed E-state index contributed by atoms with van der Waals surface area (Å²) in [4.78, 5) is 31.5. The lowest BCUT2D eigenvalue weighted by Gasteiger charge is -2.21. The highest BCUT2D eigenvalue weighted by atomic mass is 35.5. The Morgan fingerprint density at radius 1 is 1.11 bits per heavy atom. The van der Waals surface area contributed by atoms with E-state index in [0.29, 0.717) is 11.4 Å². The van der Waals surface area contributed by atoms with Gasteiger partial charge in [-0.2, -0.15) is 0 Å². The van der Waals surface area contributed by atoms with Crippen molar-refractivity contribution in [2.75, 3.05) is 18.0 Å². The molecule has 0 bridgehead atoms. The van der Waals surface area contributed by atoms with Crippen molar-refractivity contribution in [3.63, 3.8) is 0 Å². The first-order chi connectivity index (χ1) is 8.31. The van der Waals surface area contributed by atoms with Gasteiger partial charge in [-0.3, -0.25) is 9.59 Å². The molecule has 1 heterocycles. The summed E-state index contributed by atoms with van der Waals surface area (Å²) >= 11 is 5.94. The second-order valence-corrected chi connectivity index (χ2v) is 4.16. The quantitative estimate of drug-likeness (QED) is 0.751. The molecular formula is C10H14ClN5O2. The first kappa shape index (κ1) is 14.2. The number of anilines is 1. The van der Waals surface area contributed by atoms with Gasteiger partial charge in [0.1, 0.15) is 0 Å². The normalized spacial score (nSPS) is 10.2. The van der Waals surface area contributed by atoms with Crippen LogP contribution in [0.3, 0.4) is 0 Å². The van der Waals surface area contributed by atoms with Crippen molar-refractivity contribution in [1.29, 1.82) is 0 Å². The van der Waals surface area contributed by atoms with Gasteiger partial charge < -0.3 is 16.4 Å². The van der Waals surface area contributed by atoms with E-state index in [9.17, 15) is 9.59 Å². The molecule has 8 heteroatoms. The van der Waals surface area contributed by atoms with Gasteiger partial charge in [0.15, 0.2) is 11.0 Å². The fourth-order valence-corrected chi connectivity index (χ4v) is 1.64. The molecule has 4 N–H and O–H groups in total. The van der Waals surface area contributed by atoms with Crippen LogP contribution >= 0.6 is 11.6 Å². The van der Waals surface area contributed by atoms with Gasteiger partial charge in [0.25, 0.3) is 0 Å². The summed E-state index contributed by atoms with van der Waals surface area (Å²) in [5.41, 5.74) is 11.5. The Labute approximate surface area is 109 Å². The number of rotatable bonds is 5. The first-order valence-electron chi connectivity index (χ1n) is 5.13. The van der Waals surface area contributed by atoms with Gasteiger partial charge in [-0.1, -0.05) is 11.6 Å². The molecule has 1 rings (SSSR count). The summed E-state index contributed by atoms with van der Waals surface area (Å²) in [7, 11) is 0. The Hall–Kier alpha value is -1.89. The number of primary amides is 2. The van der Waals surface area contributed by atoms with Gasteiger partial charge in [0.2, 0.25) is 11.8 Å². The minimum atomic E-state index is -0.618. The summed E-state index contributed by atoms with van der Waals surface area (Å²) in [5, 5.41) is 0.0978. The topological polar surface area (TPSA) is 115 Å². The minimum absolute atomic E-state index is 0.0978. The van der Waals surface area contributed by atoms with Crippen molar-refractivity contribution in [2.24, 2.45) is 11.5 Å². The van der Waals surface area contributed by atoms with E-state index in [1.54, 1.807) is 13.8 Å². The van der Waals surface area contributed by atoms with Crippen molar-refractivity contribution in [3.05, 3.63) is 16.5 Å². The van der Waals surface area contributed by atoms with Gasteiger partial charge in [0, 0.05) is 0 Å². The minimum Gasteiger partial charge on any atom is -0.368 e. The van der Waals surface area contributed by atoms with Crippen LogP contribution in [-0.2, 0) is 9.59 Å². The van der Waals surface area contributed by atoms with Gasteiger partial charge in [-0.05, 0) is 13.8 Å². The second-order valence-electron chi connectivity index (χ2n) is 3.80. The number of aryl methyl sites for hydroxylation is 2. The summed E-state index contributed by atoms with van der Waals surface area (Å²) in [6.07, 6.45) is 0. The van der Waals surface area contributed by atoms with Crippen LogP contribution in [0.15, 0.2) is 0 Å². The molecule has 7 nitrogen and oxygen atoms in total. The van der Waals surface area contributed by atoms with Crippen molar-refractivity contribution in [2.45, 2.75) is 13.8 Å². The lowest BCUT2D eigenvalue weighted by atomic mass is 10.3. The highest BCUT2D eigenvalue weighted by Crippen LogP contribution is 2.22. The smallest absolute Gasteiger partial charge is 0.237 e. The van der Waals surface area contributed by atoms with Crippen molar-refractivity contribution < 1.29 is 9.59 Å². The second kappa shape index (κ2) is 5.63. The summed E-state index contributed by atoms with van der Waals surface area (Å²) in [6.45, 7) is 3.08. The van der Waals surface area contributed by atoms with E-state index < -0.39 is 11.8 Å². The molecular weight excluding hydrogens is 258 g/mol. The van der Waals surface area contributed by atoms with E-state index in [4.69, 9.17) is 23.1 Å². The highest BCUT2D eigenvalue weighted by Gasteiger charge is 2.18. The van der Waals surface area contributed by atoms with E-state index in [0.717, 1.165) is 0 Å². The number of hydrogen-bond donors (Lipinski definition) is 2. The van der Waals surface area contributed by atoms with E-state index >= 15 is 0 Å². The van der Waals surface area contributed by atoms with E-state index in [2.05, 4.69) is 9.97 Å². The fourth-order valence-electron chi connectivity index (χ4n) is 1.35. The molecule has 0 unspecified atom stereocenters. The predicted octanol–water partition coefficient (Wildman–Crippen LogP) is -0.476. The molecule has 0 saturated heterocycles. The summed E-state index contributed by atoms with van der Waals surface area (Å²) < 4.78 is 0. The summed E-state index contributed by atoms with van der Waals surface area (Å²) in [6, 6.07) is 0. The fraction of sp³-hybridized carbons (Fsp3) is 0.400. The first-order valence-corrected chi connectivity index (χ1v) is 5.51. The number of nitrogens with two attached hydrogens (primary N) is 2. The zero-order chi connectivity index (χ0) is 13.9. The maximum absolute atomic E-state index is 11.0. The predicted molar refractivity (Wildman–Crippen MR) is 67.1 cm³/mol. The Bertz CT molecular complexity index is 475. The van der Waals surface area contributed by atoms with Crippen molar-refractivity contribution >= 4 is 29.2 Å². The van der Waals surface area contributed by atoms with Gasteiger partial charge in [-0.15, -0.1) is 0 Å². The Morgan fingerprint density at radius 2 is 1.56 bits per heavy atom. The standard InChI is InChI=1S/C10H14ClN5O2/c1-5-6(2)15-10(9(11)14-5)16(3-7(12)17)4-8(13)18/h3-4H2,1-2H3,(H2,12,17)(H2,13,18). The maximum Gasteiger partial charge on any atom is 0.237 e. The average molecular weight is 272 g/mol. The molecule has 0 radical (unpaired) electrons. The lowest BCUT2D eigenvalue weighted by Crippen LogP contribution is -2.40. The van der Waals surface area contributed by atoms with Crippen LogP contribution in [-0.4, -0.2) is 34.9 Å². The number of hydrogen-bond acceptors (Lipinski definition) is 5. The largest absolute Gasteiger partial charge is 0.368 e. The Morgan fingerprint density at radius 3 is 2.00 bits per heavy atom. The maximum atomic E-state index is 11.0. The highest BCUT2D eigenvalue weighted by molar-refractivity contribution is 6.31. The molecule has 0 aliphatic carbocycles. The molecule has 2 amide bonds. The third-order valence-electron chi connectivity index (χ3n) is 2.24. The number of aromatic nitrogens is 2. The summed E-state index contributed by atoms with van der Waals surface area (Å²) in [5.74, 6) is -1.02. The number of carbonyl (C=O) groups is 2. The van der Waals surface area contributed by atoms with Gasteiger partial charge in [-0.25, -0.2) is 9.97 Å². The Balaban J connectivity index is 3.15. The van der Waals surface area contributed by atoms with Crippen LogP contribution in [0.25, 0.3) is 0 Å². The van der Waals surface area contributed by atoms with E-state index in [1.807, 2.05) is 0 Å². The van der Waals surface area contributed by atoms with E-state index in [1.165, 1.54) is 4.90 Å². The van der Waals surface area contributed by atoms with Gasteiger partial charge >= 0.3 is 0 Å². The number of nitrogens with zero attached hydrogens (tertiary/aromatic N) is 3. The molecule has 0 aliphatic heterocycles. The third kappa shape index (κ3) is 3.56. The average Bonchev–Trinajstić information content (AvgIpc) is 2.21. The lowest BCUT2D eigenvalue weighted by molar-refractivity contribution is -0.117. The number of halogens is 1. The third-order valence-corrected chi connectivity index (χ3v) is 2.49. The van der Waals surface area contributed by atoms with E-state index in [-0.39, 0.29) is 24.1 Å². The molecule has 0 aliphatic rings. The molecule has 0 saturated carbocycles. The molecule has 1 aromatic heterocycles. The van der Waals surface area contributed by atoms with Crippen molar-refractivity contribution in [3.8, 4) is 0 Å². The molecule has 0 aromatic carbocycles. The molecule has 0 fully saturated rings. The zero-order valence-electron chi connectivity index (χ0n) is 10.1. The molecule has 18 heavy (non-hydrogen) atoms.